The summed E-state index contributed by atoms with van der Waals surface area (Å²) in [6.07, 6.45) is 12.6. The first-order valence-corrected chi connectivity index (χ1v) is 9.40. The molecule has 0 atom stereocenters. The van der Waals surface area contributed by atoms with E-state index in [0.717, 1.165) is 30.2 Å². The van der Waals surface area contributed by atoms with Crippen LogP contribution >= 0.6 is 0 Å². The molecule has 0 N–H and O–H groups in total. The van der Waals surface area contributed by atoms with E-state index in [2.05, 4.69) is 46.1 Å². The Labute approximate surface area is 156 Å². The van der Waals surface area contributed by atoms with Gasteiger partial charge >= 0.3 is 0 Å². The van der Waals surface area contributed by atoms with Gasteiger partial charge < -0.3 is 9.47 Å². The summed E-state index contributed by atoms with van der Waals surface area (Å²) in [5.74, 6) is 1.50. The fraction of sp³-hybridized carbons (Fsp3) is 0.409. The molecule has 1 aromatic heterocycles. The van der Waals surface area contributed by atoms with Gasteiger partial charge in [0.1, 0.15) is 0 Å². The molecule has 0 saturated carbocycles. The lowest BCUT2D eigenvalue weighted by atomic mass is 10.1. The van der Waals surface area contributed by atoms with E-state index < -0.39 is 0 Å². The molecule has 1 fully saturated rings. The van der Waals surface area contributed by atoms with Crippen LogP contribution in [0.15, 0.2) is 42.7 Å². The third-order valence-electron chi connectivity index (χ3n) is 4.92. The minimum absolute atomic E-state index is 0.748. The second-order valence-corrected chi connectivity index (χ2v) is 6.72. The third kappa shape index (κ3) is 5.09. The number of aromatic nitrogens is 1. The quantitative estimate of drug-likeness (QED) is 0.711. The van der Waals surface area contributed by atoms with Gasteiger partial charge in [0, 0.05) is 12.1 Å². The zero-order valence-corrected chi connectivity index (χ0v) is 15.9. The number of nitrogens with zero attached hydrogens (tertiary/aromatic N) is 2. The monoisotopic (exact) mass is 353 g/mol. The molecule has 0 unspecified atom stereocenters. The van der Waals surface area contributed by atoms with Crippen LogP contribution < -0.4 is 14.0 Å². The maximum Gasteiger partial charge on any atom is 0.169 e. The van der Waals surface area contributed by atoms with Gasteiger partial charge in [-0.25, -0.2) is 4.57 Å². The average molecular weight is 353 g/mol. The van der Waals surface area contributed by atoms with Gasteiger partial charge in [0.15, 0.2) is 30.4 Å². The average Bonchev–Trinajstić information content (AvgIpc) is 2.72. The standard InChI is InChI=1S/C22H29N2O2/c1-25-21-9-8-20(18-22(21)26-2)7-6-19-10-14-24(15-11-19)17-16-23-12-4-3-5-13-23/h6-11,14-15,18H,3-5,12-13,16-17H2,1-2H3/q+1. The minimum Gasteiger partial charge on any atom is -0.493 e. The Morgan fingerprint density at radius 3 is 2.27 bits per heavy atom. The predicted molar refractivity (Wildman–Crippen MR) is 105 cm³/mol. The molecule has 0 radical (unpaired) electrons. The van der Waals surface area contributed by atoms with Crippen molar-refractivity contribution >= 4 is 12.2 Å². The van der Waals surface area contributed by atoms with Crippen molar-refractivity contribution < 1.29 is 14.0 Å². The zero-order valence-electron chi connectivity index (χ0n) is 15.9. The van der Waals surface area contributed by atoms with E-state index in [1.54, 1.807) is 14.2 Å². The number of rotatable bonds is 7. The van der Waals surface area contributed by atoms with E-state index >= 15 is 0 Å². The van der Waals surface area contributed by atoms with E-state index in [1.807, 2.05) is 18.2 Å². The van der Waals surface area contributed by atoms with Crippen LogP contribution in [0.4, 0.5) is 0 Å². The van der Waals surface area contributed by atoms with Gasteiger partial charge in [-0.15, -0.1) is 0 Å². The van der Waals surface area contributed by atoms with Crippen molar-refractivity contribution in [3.05, 3.63) is 53.9 Å². The summed E-state index contributed by atoms with van der Waals surface area (Å²) in [7, 11) is 3.31. The van der Waals surface area contributed by atoms with Crippen molar-refractivity contribution in [1.29, 1.82) is 0 Å². The predicted octanol–water partition coefficient (Wildman–Crippen LogP) is 3.65. The first-order valence-electron chi connectivity index (χ1n) is 9.40. The normalized spacial score (nSPS) is 15.3. The van der Waals surface area contributed by atoms with Gasteiger partial charge in [0.2, 0.25) is 0 Å². The lowest BCUT2D eigenvalue weighted by Crippen LogP contribution is -2.41. The smallest absolute Gasteiger partial charge is 0.169 e. The maximum atomic E-state index is 5.36. The van der Waals surface area contributed by atoms with Crippen LogP contribution in [0.3, 0.4) is 0 Å². The molecule has 0 spiro atoms. The Hall–Kier alpha value is -2.33. The van der Waals surface area contributed by atoms with E-state index in [0.29, 0.717) is 0 Å². The molecule has 26 heavy (non-hydrogen) atoms. The number of hydrogen-bond donors (Lipinski definition) is 0. The van der Waals surface area contributed by atoms with Crippen LogP contribution in [0.25, 0.3) is 12.2 Å². The minimum atomic E-state index is 0.748. The molecule has 0 aliphatic carbocycles. The number of pyridine rings is 1. The van der Waals surface area contributed by atoms with Gasteiger partial charge in [-0.3, -0.25) is 4.90 Å². The van der Waals surface area contributed by atoms with Gasteiger partial charge in [-0.05, 0) is 49.2 Å². The highest BCUT2D eigenvalue weighted by Gasteiger charge is 2.11. The Bertz CT molecular complexity index is 719. The second kappa shape index (κ2) is 9.39. The largest absolute Gasteiger partial charge is 0.493 e. The summed E-state index contributed by atoms with van der Waals surface area (Å²) in [5, 5.41) is 0. The molecular weight excluding hydrogens is 324 g/mol. The Balaban J connectivity index is 1.57. The molecule has 1 aliphatic heterocycles. The van der Waals surface area contributed by atoms with Crippen molar-refractivity contribution in [3.63, 3.8) is 0 Å². The van der Waals surface area contributed by atoms with Gasteiger partial charge in [0.05, 0.1) is 20.8 Å². The van der Waals surface area contributed by atoms with Crippen LogP contribution in [0.1, 0.15) is 30.4 Å². The summed E-state index contributed by atoms with van der Waals surface area (Å²) >= 11 is 0. The molecule has 2 aromatic rings. The highest BCUT2D eigenvalue weighted by atomic mass is 16.5. The molecule has 4 nitrogen and oxygen atoms in total. The first-order chi connectivity index (χ1) is 12.8. The summed E-state index contributed by atoms with van der Waals surface area (Å²) in [4.78, 5) is 2.57. The second-order valence-electron chi connectivity index (χ2n) is 6.72. The molecule has 1 saturated heterocycles. The zero-order chi connectivity index (χ0) is 18.2. The van der Waals surface area contributed by atoms with Crippen LogP contribution in [0.2, 0.25) is 0 Å². The van der Waals surface area contributed by atoms with Crippen molar-refractivity contribution in [2.75, 3.05) is 33.9 Å². The third-order valence-corrected chi connectivity index (χ3v) is 4.92. The van der Waals surface area contributed by atoms with Crippen LogP contribution in [0.5, 0.6) is 11.5 Å². The van der Waals surface area contributed by atoms with Crippen molar-refractivity contribution in [2.24, 2.45) is 0 Å². The van der Waals surface area contributed by atoms with Crippen LogP contribution in [-0.2, 0) is 6.54 Å². The number of likely N-dealkylation sites (tertiary alicyclic amines) is 1. The Morgan fingerprint density at radius 1 is 0.885 bits per heavy atom. The fourth-order valence-corrected chi connectivity index (χ4v) is 3.32. The van der Waals surface area contributed by atoms with E-state index in [-0.39, 0.29) is 0 Å². The summed E-state index contributed by atoms with van der Waals surface area (Å²) in [5.41, 5.74) is 2.28. The molecule has 0 bridgehead atoms. The molecular formula is C22H29N2O2+. The van der Waals surface area contributed by atoms with Gasteiger partial charge in [0.25, 0.3) is 0 Å². The van der Waals surface area contributed by atoms with Crippen molar-refractivity contribution in [2.45, 2.75) is 25.8 Å². The number of methoxy groups -OCH3 is 2. The Morgan fingerprint density at radius 2 is 1.58 bits per heavy atom. The molecule has 3 rings (SSSR count). The van der Waals surface area contributed by atoms with Gasteiger partial charge in [-0.2, -0.15) is 0 Å². The highest BCUT2D eigenvalue weighted by Crippen LogP contribution is 2.28. The first kappa shape index (κ1) is 18.5. The maximum absolute atomic E-state index is 5.36. The SMILES string of the molecule is COc1ccc(C=Cc2cc[n+](CCN3CCCCC3)cc2)cc1OC. The number of ether oxygens (including phenoxy) is 2. The lowest BCUT2D eigenvalue weighted by molar-refractivity contribution is -0.696. The molecule has 2 heterocycles. The van der Waals surface area contributed by atoms with E-state index in [4.69, 9.17) is 9.47 Å². The molecule has 0 amide bonds. The number of piperidine rings is 1. The molecule has 4 heteroatoms. The number of hydrogen-bond acceptors (Lipinski definition) is 3. The summed E-state index contributed by atoms with van der Waals surface area (Å²) in [6.45, 7) is 4.71. The number of benzene rings is 1. The fourth-order valence-electron chi connectivity index (χ4n) is 3.32. The Kier molecular flexibility index (Phi) is 6.67. The van der Waals surface area contributed by atoms with E-state index in [9.17, 15) is 0 Å². The van der Waals surface area contributed by atoms with Gasteiger partial charge in [-0.1, -0.05) is 24.6 Å². The molecule has 1 aromatic carbocycles. The van der Waals surface area contributed by atoms with Crippen LogP contribution in [0, 0.1) is 0 Å². The lowest BCUT2D eigenvalue weighted by Gasteiger charge is -2.24. The van der Waals surface area contributed by atoms with Crippen molar-refractivity contribution in [1.82, 2.24) is 4.90 Å². The topological polar surface area (TPSA) is 25.6 Å². The van der Waals surface area contributed by atoms with Crippen molar-refractivity contribution in [3.8, 4) is 11.5 Å². The summed E-state index contributed by atoms with van der Waals surface area (Å²) in [6, 6.07) is 10.3. The highest BCUT2D eigenvalue weighted by molar-refractivity contribution is 5.70. The molecule has 138 valence electrons. The van der Waals surface area contributed by atoms with Crippen LogP contribution in [-0.4, -0.2) is 38.8 Å². The summed E-state index contributed by atoms with van der Waals surface area (Å²) < 4.78 is 12.9. The molecule has 1 aliphatic rings. The van der Waals surface area contributed by atoms with E-state index in [1.165, 1.54) is 37.9 Å².